The fraction of sp³-hybridized carbons (Fsp3) is 0.700. The zero-order chi connectivity index (χ0) is 13.1. The Morgan fingerprint density at radius 1 is 1.53 bits per heavy atom. The summed E-state index contributed by atoms with van der Waals surface area (Å²) < 4.78 is 27.5. The number of alkyl halides is 1. The van der Waals surface area contributed by atoms with E-state index in [-0.39, 0.29) is 17.0 Å². The van der Waals surface area contributed by atoms with E-state index in [1.807, 2.05) is 20.8 Å². The van der Waals surface area contributed by atoms with Crippen molar-refractivity contribution in [3.05, 3.63) is 12.0 Å². The number of halogens is 1. The summed E-state index contributed by atoms with van der Waals surface area (Å²) in [6, 6.07) is -0.0611. The van der Waals surface area contributed by atoms with E-state index in [1.165, 1.54) is 6.20 Å². The Morgan fingerprint density at radius 2 is 2.18 bits per heavy atom. The summed E-state index contributed by atoms with van der Waals surface area (Å²) in [6.45, 7) is 5.91. The topological polar surface area (TPSA) is 74.8 Å². The van der Waals surface area contributed by atoms with E-state index in [2.05, 4.69) is 37.3 Å². The summed E-state index contributed by atoms with van der Waals surface area (Å²) in [5.74, 6) is 0.941. The fourth-order valence-electron chi connectivity index (χ4n) is 1.27. The molecule has 17 heavy (non-hydrogen) atoms. The Balaban J connectivity index is 2.88. The molecule has 0 spiro atoms. The van der Waals surface area contributed by atoms with Gasteiger partial charge in [-0.05, 0) is 5.92 Å². The highest BCUT2D eigenvalue weighted by Crippen LogP contribution is 2.11. The number of H-pyrrole nitrogens is 1. The third-order valence-corrected chi connectivity index (χ3v) is 4.86. The molecule has 1 aromatic heterocycles. The second kappa shape index (κ2) is 6.14. The van der Waals surface area contributed by atoms with E-state index < -0.39 is 10.0 Å². The van der Waals surface area contributed by atoms with E-state index in [9.17, 15) is 8.42 Å². The average Bonchev–Trinajstić information content (AvgIpc) is 2.74. The number of nitrogens with one attached hydrogen (secondary N) is 2. The predicted molar refractivity (Wildman–Crippen MR) is 75.8 cm³/mol. The number of sulfonamides is 1. The number of hydrogen-bond donors (Lipinski definition) is 2. The van der Waals surface area contributed by atoms with Gasteiger partial charge in [-0.25, -0.2) is 18.1 Å². The Morgan fingerprint density at radius 3 is 2.59 bits per heavy atom. The normalized spacial score (nSPS) is 14.2. The van der Waals surface area contributed by atoms with E-state index in [1.54, 1.807) is 0 Å². The van der Waals surface area contributed by atoms with Crippen molar-refractivity contribution in [3.63, 3.8) is 0 Å². The van der Waals surface area contributed by atoms with Gasteiger partial charge >= 0.3 is 0 Å². The first-order valence-corrected chi connectivity index (χ1v) is 8.53. The van der Waals surface area contributed by atoms with Crippen molar-refractivity contribution in [2.75, 3.05) is 4.43 Å². The smallest absolute Gasteiger partial charge is 0.257 e. The van der Waals surface area contributed by atoms with Crippen LogP contribution in [0.4, 0.5) is 0 Å². The number of imidazole rings is 1. The maximum Gasteiger partial charge on any atom is 0.257 e. The van der Waals surface area contributed by atoms with Crippen LogP contribution in [0.15, 0.2) is 11.2 Å². The molecule has 0 fully saturated rings. The highest BCUT2D eigenvalue weighted by Gasteiger charge is 2.23. The Labute approximate surface area is 116 Å². The van der Waals surface area contributed by atoms with E-state index in [0.29, 0.717) is 12.2 Å². The molecule has 98 valence electrons. The first-order valence-electron chi connectivity index (χ1n) is 5.52. The van der Waals surface area contributed by atoms with Crippen molar-refractivity contribution >= 4 is 32.6 Å². The van der Waals surface area contributed by atoms with Crippen molar-refractivity contribution in [1.82, 2.24) is 14.7 Å². The van der Waals surface area contributed by atoms with Crippen molar-refractivity contribution < 1.29 is 8.42 Å². The number of hydrogen-bond acceptors (Lipinski definition) is 3. The van der Waals surface area contributed by atoms with Gasteiger partial charge in [-0.15, -0.1) is 0 Å². The zero-order valence-corrected chi connectivity index (χ0v) is 13.2. The monoisotopic (exact) mass is 371 g/mol. The molecule has 5 nitrogen and oxygen atoms in total. The third kappa shape index (κ3) is 3.92. The van der Waals surface area contributed by atoms with Crippen molar-refractivity contribution in [2.24, 2.45) is 5.92 Å². The van der Waals surface area contributed by atoms with E-state index in [0.717, 1.165) is 4.43 Å². The highest BCUT2D eigenvalue weighted by molar-refractivity contribution is 14.1. The molecule has 1 unspecified atom stereocenters. The van der Waals surface area contributed by atoms with Crippen LogP contribution in [0.3, 0.4) is 0 Å². The molecule has 7 heteroatoms. The third-order valence-electron chi connectivity index (χ3n) is 2.51. The number of aryl methyl sites for hydroxylation is 1. The molecule has 1 heterocycles. The quantitative estimate of drug-likeness (QED) is 0.591. The maximum atomic E-state index is 12.0. The molecule has 1 atom stereocenters. The van der Waals surface area contributed by atoms with Gasteiger partial charge in [0.2, 0.25) is 0 Å². The van der Waals surface area contributed by atoms with Crippen LogP contribution in [0, 0.1) is 5.92 Å². The van der Waals surface area contributed by atoms with Gasteiger partial charge in [0, 0.05) is 16.9 Å². The molecule has 0 aliphatic rings. The Bertz CT molecular complexity index is 456. The summed E-state index contributed by atoms with van der Waals surface area (Å²) in [5, 5.41) is 0.143. The standard InChI is InChI=1S/C10H18IN3O2S/c1-4-9-12-6-10(13-9)17(15,16)14-8(5-11)7(2)3/h6-8,14H,4-5H2,1-3H3,(H,12,13). The summed E-state index contributed by atoms with van der Waals surface area (Å²) in [6.07, 6.45) is 2.06. The lowest BCUT2D eigenvalue weighted by molar-refractivity contribution is 0.485. The van der Waals surface area contributed by atoms with Gasteiger partial charge in [0.25, 0.3) is 10.0 Å². The van der Waals surface area contributed by atoms with Crippen LogP contribution in [-0.4, -0.2) is 28.9 Å². The van der Waals surface area contributed by atoms with Crippen molar-refractivity contribution in [3.8, 4) is 0 Å². The van der Waals surface area contributed by atoms with Gasteiger partial charge in [0.1, 0.15) is 5.82 Å². The largest absolute Gasteiger partial charge is 0.332 e. The molecule has 0 saturated heterocycles. The minimum atomic E-state index is -3.48. The minimum absolute atomic E-state index is 0.0611. The van der Waals surface area contributed by atoms with Crippen LogP contribution in [0.5, 0.6) is 0 Å². The van der Waals surface area contributed by atoms with E-state index in [4.69, 9.17) is 0 Å². The first-order chi connectivity index (χ1) is 7.90. The minimum Gasteiger partial charge on any atom is -0.332 e. The molecule has 0 radical (unpaired) electrons. The molecule has 0 saturated carbocycles. The molecule has 0 bridgehead atoms. The van der Waals surface area contributed by atoms with Gasteiger partial charge in [-0.1, -0.05) is 43.4 Å². The molecule has 0 aliphatic heterocycles. The van der Waals surface area contributed by atoms with Crippen LogP contribution in [0.2, 0.25) is 0 Å². The van der Waals surface area contributed by atoms with E-state index >= 15 is 0 Å². The second-order valence-electron chi connectivity index (χ2n) is 4.17. The highest BCUT2D eigenvalue weighted by atomic mass is 127. The second-order valence-corrected chi connectivity index (χ2v) is 6.74. The Kier molecular flexibility index (Phi) is 5.39. The van der Waals surface area contributed by atoms with Gasteiger partial charge in [0.05, 0.1) is 6.20 Å². The number of aromatic amines is 1. The van der Waals surface area contributed by atoms with Crippen LogP contribution >= 0.6 is 22.6 Å². The summed E-state index contributed by atoms with van der Waals surface area (Å²) in [7, 11) is -3.48. The number of aromatic nitrogens is 2. The van der Waals surface area contributed by atoms with Crippen LogP contribution in [0.1, 0.15) is 26.6 Å². The molecule has 0 aliphatic carbocycles. The Hall–Kier alpha value is -0.150. The number of nitrogens with zero attached hydrogens (tertiary/aromatic N) is 1. The lowest BCUT2D eigenvalue weighted by Crippen LogP contribution is -2.39. The van der Waals surface area contributed by atoms with Crippen LogP contribution in [0.25, 0.3) is 0 Å². The molecule has 1 aromatic rings. The summed E-state index contributed by atoms with van der Waals surface area (Å²) in [5.41, 5.74) is 0. The molecule has 0 aromatic carbocycles. The maximum absolute atomic E-state index is 12.0. The van der Waals surface area contributed by atoms with Gasteiger partial charge < -0.3 is 4.98 Å². The predicted octanol–water partition coefficient (Wildman–Crippen LogP) is 1.71. The molecule has 1 rings (SSSR count). The lowest BCUT2D eigenvalue weighted by Gasteiger charge is -2.19. The summed E-state index contributed by atoms with van der Waals surface area (Å²) >= 11 is 2.18. The summed E-state index contributed by atoms with van der Waals surface area (Å²) in [4.78, 5) is 6.81. The zero-order valence-electron chi connectivity index (χ0n) is 10.2. The molecule has 2 N–H and O–H groups in total. The van der Waals surface area contributed by atoms with Gasteiger partial charge in [-0.2, -0.15) is 0 Å². The fourth-order valence-corrected chi connectivity index (χ4v) is 4.13. The average molecular weight is 371 g/mol. The number of rotatable bonds is 6. The molecular weight excluding hydrogens is 353 g/mol. The first kappa shape index (κ1) is 14.9. The van der Waals surface area contributed by atoms with Crippen LogP contribution in [-0.2, 0) is 16.4 Å². The SMILES string of the molecule is CCc1ncc(S(=O)(=O)NC(CI)C(C)C)[nH]1. The van der Waals surface area contributed by atoms with Crippen LogP contribution < -0.4 is 4.72 Å². The van der Waals surface area contributed by atoms with Crippen molar-refractivity contribution in [1.29, 1.82) is 0 Å². The lowest BCUT2D eigenvalue weighted by atomic mass is 10.1. The van der Waals surface area contributed by atoms with Gasteiger partial charge in [-0.3, -0.25) is 0 Å². The van der Waals surface area contributed by atoms with Crippen molar-refractivity contribution in [2.45, 2.75) is 38.3 Å². The molecular formula is C10H18IN3O2S. The van der Waals surface area contributed by atoms with Gasteiger partial charge in [0.15, 0.2) is 5.03 Å². The molecule has 0 amide bonds.